The van der Waals surface area contributed by atoms with E-state index in [4.69, 9.17) is 0 Å². The van der Waals surface area contributed by atoms with Crippen molar-refractivity contribution in [3.8, 4) is 0 Å². The highest BCUT2D eigenvalue weighted by Gasteiger charge is 1.99. The van der Waals surface area contributed by atoms with E-state index in [1.54, 1.807) is 31.2 Å². The lowest BCUT2D eigenvalue weighted by Crippen LogP contribution is -2.14. The highest BCUT2D eigenvalue weighted by molar-refractivity contribution is 8.13. The van der Waals surface area contributed by atoms with Crippen molar-refractivity contribution in [2.45, 2.75) is 12.7 Å². The van der Waals surface area contributed by atoms with Gasteiger partial charge in [-0.3, -0.25) is 15.0 Å². The van der Waals surface area contributed by atoms with E-state index in [2.05, 4.69) is 20.3 Å². The molecule has 0 aliphatic rings. The Hall–Kier alpha value is -1.10. The maximum atomic E-state index is 4.25. The predicted octanol–water partition coefficient (Wildman–Crippen LogP) is 1.22. The zero-order valence-corrected chi connectivity index (χ0v) is 9.43. The van der Waals surface area contributed by atoms with Gasteiger partial charge in [0.1, 0.15) is 0 Å². The summed E-state index contributed by atoms with van der Waals surface area (Å²) in [6.07, 6.45) is 3.57. The molecule has 1 aromatic heterocycles. The van der Waals surface area contributed by atoms with Gasteiger partial charge in [0, 0.05) is 32.2 Å². The lowest BCUT2D eigenvalue weighted by Gasteiger charge is -2.03. The van der Waals surface area contributed by atoms with E-state index < -0.39 is 0 Å². The predicted molar refractivity (Wildman–Crippen MR) is 60.5 cm³/mol. The Morgan fingerprint density at radius 1 is 1.50 bits per heavy atom. The molecule has 0 bridgehead atoms. The first-order chi connectivity index (χ1) is 6.76. The van der Waals surface area contributed by atoms with Gasteiger partial charge in [0.25, 0.3) is 0 Å². The fourth-order valence-corrected chi connectivity index (χ4v) is 1.59. The summed E-state index contributed by atoms with van der Waals surface area (Å²) < 4.78 is 0. The summed E-state index contributed by atoms with van der Waals surface area (Å²) in [6.45, 7) is 1.93. The number of nitrogens with zero attached hydrogens (tertiary/aromatic N) is 3. The fourth-order valence-electron chi connectivity index (χ4n) is 0.885. The second kappa shape index (κ2) is 5.59. The van der Waals surface area contributed by atoms with Crippen molar-refractivity contribution in [2.75, 3.05) is 14.1 Å². The minimum atomic E-state index is 0.792. The number of nitrogens with one attached hydrogen (secondary N) is 1. The van der Waals surface area contributed by atoms with Crippen LogP contribution in [-0.2, 0) is 5.75 Å². The summed E-state index contributed by atoms with van der Waals surface area (Å²) in [4.78, 5) is 12.5. The van der Waals surface area contributed by atoms with Gasteiger partial charge in [-0.15, -0.1) is 0 Å². The molecule has 0 aliphatic heterocycles. The van der Waals surface area contributed by atoms with Gasteiger partial charge in [-0.05, 0) is 6.92 Å². The summed E-state index contributed by atoms with van der Waals surface area (Å²) >= 11 is 1.62. The molecule has 14 heavy (non-hydrogen) atoms. The molecule has 0 radical (unpaired) electrons. The highest BCUT2D eigenvalue weighted by atomic mass is 32.2. The molecule has 0 saturated carbocycles. The molecule has 0 aliphatic carbocycles. The minimum absolute atomic E-state index is 0.792. The lowest BCUT2D eigenvalue weighted by atomic mass is 10.4. The second-order valence-electron chi connectivity index (χ2n) is 2.72. The number of amidine groups is 1. The first-order valence-electron chi connectivity index (χ1n) is 4.31. The zero-order chi connectivity index (χ0) is 10.4. The number of hydrogen-bond donors (Lipinski definition) is 1. The van der Waals surface area contributed by atoms with E-state index in [0.717, 1.165) is 22.3 Å². The molecule has 5 heteroatoms. The molecule has 0 saturated heterocycles. The van der Waals surface area contributed by atoms with Crippen LogP contribution in [0.15, 0.2) is 17.4 Å². The molecule has 1 N–H and O–H groups in total. The smallest absolute Gasteiger partial charge is 0.156 e. The largest absolute Gasteiger partial charge is 0.368 e. The van der Waals surface area contributed by atoms with E-state index in [1.165, 1.54) is 0 Å². The van der Waals surface area contributed by atoms with E-state index in [9.17, 15) is 0 Å². The molecule has 0 fully saturated rings. The van der Waals surface area contributed by atoms with Crippen LogP contribution in [0, 0.1) is 6.92 Å². The van der Waals surface area contributed by atoms with Crippen LogP contribution in [0.3, 0.4) is 0 Å². The van der Waals surface area contributed by atoms with Gasteiger partial charge in [0.15, 0.2) is 5.17 Å². The highest BCUT2D eigenvalue weighted by Crippen LogP contribution is 2.09. The average molecular weight is 210 g/mol. The summed E-state index contributed by atoms with van der Waals surface area (Å²) in [5.41, 5.74) is 1.91. The van der Waals surface area contributed by atoms with Gasteiger partial charge in [-0.25, -0.2) is 0 Å². The lowest BCUT2D eigenvalue weighted by molar-refractivity contribution is 1.05. The fraction of sp³-hybridized carbons (Fsp3) is 0.444. The second-order valence-corrected chi connectivity index (χ2v) is 3.68. The summed E-state index contributed by atoms with van der Waals surface area (Å²) in [5.74, 6) is 0.792. The van der Waals surface area contributed by atoms with Crippen LogP contribution in [0.5, 0.6) is 0 Å². The van der Waals surface area contributed by atoms with Gasteiger partial charge in [0.05, 0.1) is 11.4 Å². The monoisotopic (exact) mass is 210 g/mol. The zero-order valence-electron chi connectivity index (χ0n) is 8.61. The molecule has 1 aromatic rings. The Balaban J connectivity index is 2.49. The molecular weight excluding hydrogens is 196 g/mol. The number of aromatic nitrogens is 2. The van der Waals surface area contributed by atoms with E-state index in [-0.39, 0.29) is 0 Å². The molecule has 0 spiro atoms. The van der Waals surface area contributed by atoms with Gasteiger partial charge in [-0.1, -0.05) is 11.8 Å². The standard InChI is InChI=1S/C9H14N4S/c1-7-4-13-8(5-12-7)6-14-9(10-2)11-3/h4-5H,6H2,1-3H3,(H,10,11). The Bertz CT molecular complexity index is 307. The SMILES string of the molecule is CN=C(NC)SCc1cnc(C)cn1. The Kier molecular flexibility index (Phi) is 4.39. The summed E-state index contributed by atoms with van der Waals surface area (Å²) in [6, 6.07) is 0. The number of thioether (sulfide) groups is 1. The van der Waals surface area contributed by atoms with Crippen molar-refractivity contribution in [3.63, 3.8) is 0 Å². The third-order valence-corrected chi connectivity index (χ3v) is 2.71. The first-order valence-corrected chi connectivity index (χ1v) is 5.29. The summed E-state index contributed by atoms with van der Waals surface area (Å²) in [7, 11) is 3.62. The Morgan fingerprint density at radius 2 is 2.29 bits per heavy atom. The molecule has 0 amide bonds. The molecule has 1 rings (SSSR count). The molecule has 0 atom stereocenters. The maximum absolute atomic E-state index is 4.25. The third-order valence-electron chi connectivity index (χ3n) is 1.61. The van der Waals surface area contributed by atoms with Crippen molar-refractivity contribution in [2.24, 2.45) is 4.99 Å². The molecule has 4 nitrogen and oxygen atoms in total. The topological polar surface area (TPSA) is 50.2 Å². The maximum Gasteiger partial charge on any atom is 0.156 e. The average Bonchev–Trinajstić information content (AvgIpc) is 2.22. The number of hydrogen-bond acceptors (Lipinski definition) is 4. The van der Waals surface area contributed by atoms with Gasteiger partial charge < -0.3 is 5.32 Å². The first kappa shape index (κ1) is 11.0. The number of aliphatic imine (C=N–C) groups is 1. The van der Waals surface area contributed by atoms with Crippen LogP contribution in [-0.4, -0.2) is 29.2 Å². The van der Waals surface area contributed by atoms with Crippen LogP contribution < -0.4 is 5.32 Å². The van der Waals surface area contributed by atoms with E-state index in [0.29, 0.717) is 0 Å². The quantitative estimate of drug-likeness (QED) is 0.589. The normalized spacial score (nSPS) is 11.5. The minimum Gasteiger partial charge on any atom is -0.368 e. The van der Waals surface area contributed by atoms with Crippen molar-refractivity contribution < 1.29 is 0 Å². The van der Waals surface area contributed by atoms with Crippen LogP contribution in [0.4, 0.5) is 0 Å². The summed E-state index contributed by atoms with van der Waals surface area (Å²) in [5, 5.41) is 3.91. The molecular formula is C9H14N4S. The van der Waals surface area contributed by atoms with E-state index in [1.807, 2.05) is 14.0 Å². The Morgan fingerprint density at radius 3 is 2.79 bits per heavy atom. The number of rotatable bonds is 2. The molecule has 0 unspecified atom stereocenters. The van der Waals surface area contributed by atoms with Crippen molar-refractivity contribution >= 4 is 16.9 Å². The van der Waals surface area contributed by atoms with Crippen LogP contribution in [0.2, 0.25) is 0 Å². The van der Waals surface area contributed by atoms with E-state index >= 15 is 0 Å². The van der Waals surface area contributed by atoms with Gasteiger partial charge in [-0.2, -0.15) is 0 Å². The van der Waals surface area contributed by atoms with Crippen LogP contribution in [0.25, 0.3) is 0 Å². The van der Waals surface area contributed by atoms with Crippen molar-refractivity contribution in [1.82, 2.24) is 15.3 Å². The Labute approximate surface area is 88.3 Å². The number of aryl methyl sites for hydroxylation is 1. The molecule has 1 heterocycles. The third kappa shape index (κ3) is 3.33. The van der Waals surface area contributed by atoms with Crippen molar-refractivity contribution in [3.05, 3.63) is 23.8 Å². The van der Waals surface area contributed by atoms with Gasteiger partial charge >= 0.3 is 0 Å². The van der Waals surface area contributed by atoms with Gasteiger partial charge in [0.2, 0.25) is 0 Å². The van der Waals surface area contributed by atoms with Crippen LogP contribution >= 0.6 is 11.8 Å². The van der Waals surface area contributed by atoms with Crippen molar-refractivity contribution in [1.29, 1.82) is 0 Å². The molecule has 76 valence electrons. The molecule has 0 aromatic carbocycles. The van der Waals surface area contributed by atoms with Crippen LogP contribution in [0.1, 0.15) is 11.4 Å².